The fraction of sp³-hybridized carbons (Fsp3) is 0.450. The average Bonchev–Trinajstić information content (AvgIpc) is 3.27. The Kier molecular flexibility index (Phi) is 9.51. The quantitative estimate of drug-likeness (QED) is 0.241. The summed E-state index contributed by atoms with van der Waals surface area (Å²) in [7, 11) is -2.54. The number of aromatic nitrogens is 2. The van der Waals surface area contributed by atoms with E-state index in [4.69, 9.17) is 29.0 Å². The number of hydrogen-bond acceptors (Lipinski definition) is 11. The lowest BCUT2D eigenvalue weighted by Crippen LogP contribution is -2.36. The summed E-state index contributed by atoms with van der Waals surface area (Å²) in [6.45, 7) is 1.63. The number of benzene rings is 1. The molecule has 3 rings (SSSR count). The Bertz CT molecular complexity index is 1060. The van der Waals surface area contributed by atoms with Crippen LogP contribution in [0.25, 0.3) is 0 Å². The number of ether oxygens (including phenoxy) is 3. The number of thioether (sulfide) groups is 1. The van der Waals surface area contributed by atoms with Crippen LogP contribution in [0.15, 0.2) is 47.4 Å². The number of nitrogens with one attached hydrogen (secondary N) is 1. The van der Waals surface area contributed by atoms with Gasteiger partial charge in [-0.25, -0.2) is 9.36 Å². The number of rotatable bonds is 12. The molecule has 2 aromatic rings. The molecule has 14 heteroatoms. The van der Waals surface area contributed by atoms with Crippen LogP contribution in [0.1, 0.15) is 13.2 Å². The van der Waals surface area contributed by atoms with Gasteiger partial charge >= 0.3 is 19.4 Å². The molecule has 34 heavy (non-hydrogen) atoms. The first-order chi connectivity index (χ1) is 16.3. The summed E-state index contributed by atoms with van der Waals surface area (Å²) < 4.78 is 41.8. The van der Waals surface area contributed by atoms with E-state index >= 15 is 0 Å². The van der Waals surface area contributed by atoms with Crippen LogP contribution in [-0.2, 0) is 28.1 Å². The second kappa shape index (κ2) is 12.3. The fourth-order valence-electron chi connectivity index (χ4n) is 2.83. The first kappa shape index (κ1) is 26.2. The number of hydrogen-bond donors (Lipinski definition) is 2. The Balaban J connectivity index is 1.63. The van der Waals surface area contributed by atoms with E-state index < -0.39 is 37.1 Å². The van der Waals surface area contributed by atoms with Crippen LogP contribution >= 0.6 is 19.5 Å². The van der Waals surface area contributed by atoms with Crippen molar-refractivity contribution in [3.63, 3.8) is 0 Å². The highest BCUT2D eigenvalue weighted by Crippen LogP contribution is 2.46. The van der Waals surface area contributed by atoms with Crippen LogP contribution in [0.5, 0.6) is 5.75 Å². The van der Waals surface area contributed by atoms with E-state index in [1.54, 1.807) is 30.3 Å². The van der Waals surface area contributed by atoms with E-state index in [1.807, 2.05) is 0 Å². The zero-order valence-electron chi connectivity index (χ0n) is 18.7. The molecule has 4 atom stereocenters. The van der Waals surface area contributed by atoms with E-state index in [2.05, 4.69) is 10.1 Å². The number of esters is 1. The van der Waals surface area contributed by atoms with E-state index in [9.17, 15) is 14.2 Å². The number of nitrogen functional groups attached to an aromatic ring is 1. The Hall–Kier alpha value is -2.41. The molecule has 0 spiro atoms. The standard InChI is InChI=1S/C20H27N4O8PS/c1-14(19(25)29-11-10-28-2)23-33(27,32-15-6-4-3-5-7-15)30-12-18-31-17(13-34-18)24-9-8-16(21)22-20(24)26/h3-9,14,17-18H,10-13H2,1-2H3,(H,23,27)(H2,21,22,26)/t14-,17-,18+,33-/m0/s1. The number of anilines is 1. The number of nitrogens with zero attached hydrogens (tertiary/aromatic N) is 2. The lowest BCUT2D eigenvalue weighted by molar-refractivity contribution is -0.146. The van der Waals surface area contributed by atoms with Gasteiger partial charge in [0.15, 0.2) is 0 Å². The molecule has 2 heterocycles. The minimum Gasteiger partial charge on any atom is -0.462 e. The molecule has 1 aromatic carbocycles. The predicted octanol–water partition coefficient (Wildman–Crippen LogP) is 1.78. The van der Waals surface area contributed by atoms with E-state index in [1.165, 1.54) is 42.6 Å². The summed E-state index contributed by atoms with van der Waals surface area (Å²) in [5.74, 6) is 0.209. The zero-order chi connectivity index (χ0) is 24.6. The third-order valence-corrected chi connectivity index (χ3v) is 7.22. The minimum absolute atomic E-state index is 0.0549. The molecule has 1 fully saturated rings. The Morgan fingerprint density at radius 2 is 2.12 bits per heavy atom. The molecular weight excluding hydrogens is 487 g/mol. The SMILES string of the molecule is COCCOC(=O)[C@H](C)N[P@](=O)(OC[C@@H]1O[C@H](n2ccc(N)nc2=O)CS1)Oc1ccccc1. The highest BCUT2D eigenvalue weighted by Gasteiger charge is 2.35. The molecule has 0 unspecified atom stereocenters. The average molecular weight is 514 g/mol. The molecule has 0 bridgehead atoms. The highest BCUT2D eigenvalue weighted by atomic mass is 32.2. The summed E-state index contributed by atoms with van der Waals surface area (Å²) in [5, 5.41) is 2.60. The fourth-order valence-corrected chi connectivity index (χ4v) is 5.41. The summed E-state index contributed by atoms with van der Waals surface area (Å²) in [4.78, 5) is 28.0. The minimum atomic E-state index is -4.02. The largest absolute Gasteiger partial charge is 0.462 e. The summed E-state index contributed by atoms with van der Waals surface area (Å²) >= 11 is 1.37. The maximum absolute atomic E-state index is 13.5. The Morgan fingerprint density at radius 3 is 2.82 bits per heavy atom. The molecular formula is C20H27N4O8PS. The van der Waals surface area contributed by atoms with Crippen molar-refractivity contribution in [3.05, 3.63) is 53.1 Å². The van der Waals surface area contributed by atoms with Crippen molar-refractivity contribution in [3.8, 4) is 5.75 Å². The second-order valence-electron chi connectivity index (χ2n) is 7.10. The van der Waals surface area contributed by atoms with Crippen molar-refractivity contribution in [2.24, 2.45) is 0 Å². The first-order valence-corrected chi connectivity index (χ1v) is 12.9. The van der Waals surface area contributed by atoms with E-state index in [0.29, 0.717) is 5.75 Å². The van der Waals surface area contributed by atoms with Gasteiger partial charge in [0.1, 0.15) is 35.9 Å². The normalized spacial score (nSPS) is 20.4. The van der Waals surface area contributed by atoms with Crippen LogP contribution in [-0.4, -0.2) is 59.7 Å². The van der Waals surface area contributed by atoms with Gasteiger partial charge in [0.05, 0.1) is 13.2 Å². The molecule has 0 amide bonds. The van der Waals surface area contributed by atoms with Gasteiger partial charge < -0.3 is 24.5 Å². The van der Waals surface area contributed by atoms with Crippen LogP contribution < -0.4 is 21.0 Å². The molecule has 1 aliphatic heterocycles. The highest BCUT2D eigenvalue weighted by molar-refractivity contribution is 8.00. The molecule has 0 radical (unpaired) electrons. The van der Waals surface area contributed by atoms with Crippen LogP contribution in [0.3, 0.4) is 0 Å². The number of nitrogens with two attached hydrogens (primary N) is 1. The topological polar surface area (TPSA) is 153 Å². The molecule has 12 nitrogen and oxygen atoms in total. The van der Waals surface area contributed by atoms with Gasteiger partial charge in [-0.1, -0.05) is 18.2 Å². The monoisotopic (exact) mass is 514 g/mol. The molecule has 3 N–H and O–H groups in total. The third-order valence-electron chi connectivity index (χ3n) is 4.48. The van der Waals surface area contributed by atoms with Crippen molar-refractivity contribution in [2.75, 3.05) is 38.4 Å². The maximum atomic E-state index is 13.5. The van der Waals surface area contributed by atoms with E-state index in [0.717, 1.165) is 0 Å². The lowest BCUT2D eigenvalue weighted by atomic mass is 10.3. The summed E-state index contributed by atoms with van der Waals surface area (Å²) in [6.07, 6.45) is 0.914. The van der Waals surface area contributed by atoms with E-state index in [-0.39, 0.29) is 31.4 Å². The summed E-state index contributed by atoms with van der Waals surface area (Å²) in [5.41, 5.74) is 4.44. The first-order valence-electron chi connectivity index (χ1n) is 10.3. The van der Waals surface area contributed by atoms with Gasteiger partial charge in [-0.05, 0) is 25.1 Å². The van der Waals surface area contributed by atoms with Crippen molar-refractivity contribution in [1.29, 1.82) is 0 Å². The van der Waals surface area contributed by atoms with Crippen LogP contribution in [0, 0.1) is 0 Å². The number of carbonyl (C=O) groups excluding carboxylic acids is 1. The van der Waals surface area contributed by atoms with Gasteiger partial charge in [-0.15, -0.1) is 11.8 Å². The van der Waals surface area contributed by atoms with Crippen molar-refractivity contribution < 1.29 is 32.6 Å². The predicted molar refractivity (Wildman–Crippen MR) is 125 cm³/mol. The zero-order valence-corrected chi connectivity index (χ0v) is 20.4. The van der Waals surface area contributed by atoms with Gasteiger partial charge in [0, 0.05) is 19.1 Å². The molecule has 1 aromatic heterocycles. The molecule has 1 aliphatic rings. The van der Waals surface area contributed by atoms with Gasteiger partial charge in [0.2, 0.25) is 0 Å². The maximum Gasteiger partial charge on any atom is 0.459 e. The number of para-hydroxylation sites is 1. The van der Waals surface area contributed by atoms with Gasteiger partial charge in [-0.3, -0.25) is 13.9 Å². The molecule has 0 saturated carbocycles. The smallest absolute Gasteiger partial charge is 0.459 e. The second-order valence-corrected chi connectivity index (χ2v) is 9.99. The van der Waals surface area contributed by atoms with Gasteiger partial charge in [0.25, 0.3) is 0 Å². The molecule has 1 saturated heterocycles. The van der Waals surface area contributed by atoms with Crippen molar-refractivity contribution >= 4 is 31.3 Å². The Morgan fingerprint density at radius 1 is 1.35 bits per heavy atom. The molecule has 186 valence electrons. The third kappa shape index (κ3) is 7.55. The van der Waals surface area contributed by atoms with Crippen molar-refractivity contribution in [2.45, 2.75) is 24.6 Å². The number of methoxy groups -OCH3 is 1. The van der Waals surface area contributed by atoms with Crippen molar-refractivity contribution in [1.82, 2.24) is 14.6 Å². The Labute approximate surface area is 200 Å². The van der Waals surface area contributed by atoms with Gasteiger partial charge in [-0.2, -0.15) is 10.1 Å². The summed E-state index contributed by atoms with van der Waals surface area (Å²) in [6, 6.07) is 8.92. The molecule has 0 aliphatic carbocycles. The van der Waals surface area contributed by atoms with Crippen LogP contribution in [0.2, 0.25) is 0 Å². The van der Waals surface area contributed by atoms with Crippen LogP contribution in [0.4, 0.5) is 5.82 Å². The lowest BCUT2D eigenvalue weighted by Gasteiger charge is -2.24. The number of carbonyl (C=O) groups is 1.